The Morgan fingerprint density at radius 3 is 2.25 bits per heavy atom. The smallest absolute Gasteiger partial charge is 0.0218 e. The summed E-state index contributed by atoms with van der Waals surface area (Å²) in [4.78, 5) is 0. The van der Waals surface area contributed by atoms with Crippen LogP contribution in [0.1, 0.15) is 97.8 Å². The first-order valence-electron chi connectivity index (χ1n) is 9.61. The largest absolute Gasteiger partial charge is 0.0648 e. The van der Waals surface area contributed by atoms with E-state index in [1.54, 1.807) is 25.7 Å². The fourth-order valence-electron chi connectivity index (χ4n) is 6.82. The summed E-state index contributed by atoms with van der Waals surface area (Å²) in [5, 5.41) is 0. The molecular formula is C20H36. The van der Waals surface area contributed by atoms with E-state index in [2.05, 4.69) is 20.8 Å². The molecule has 0 aromatic carbocycles. The maximum atomic E-state index is 2.61. The van der Waals surface area contributed by atoms with Crippen LogP contribution in [0.25, 0.3) is 0 Å². The van der Waals surface area contributed by atoms with E-state index >= 15 is 0 Å². The minimum Gasteiger partial charge on any atom is -0.0648 e. The molecule has 0 heterocycles. The Morgan fingerprint density at radius 1 is 0.800 bits per heavy atom. The molecule has 0 spiro atoms. The normalized spacial score (nSPS) is 44.9. The van der Waals surface area contributed by atoms with E-state index in [9.17, 15) is 0 Å². The molecule has 20 heavy (non-hydrogen) atoms. The predicted octanol–water partition coefficient (Wildman–Crippen LogP) is 6.59. The lowest BCUT2D eigenvalue weighted by atomic mass is 9.45. The molecule has 0 amide bonds. The molecule has 4 unspecified atom stereocenters. The second-order valence-electron chi connectivity index (χ2n) is 8.85. The van der Waals surface area contributed by atoms with Crippen molar-refractivity contribution < 1.29 is 0 Å². The van der Waals surface area contributed by atoms with Crippen molar-refractivity contribution in [2.45, 2.75) is 97.8 Å². The van der Waals surface area contributed by atoms with Gasteiger partial charge in [-0.05, 0) is 60.7 Å². The minimum absolute atomic E-state index is 0.587. The lowest BCUT2D eigenvalue weighted by Gasteiger charge is -2.59. The number of hydrogen-bond donors (Lipinski definition) is 0. The summed E-state index contributed by atoms with van der Waals surface area (Å²) in [7, 11) is 0. The SMILES string of the molecule is CCC1(C2CCCC3CCCCC32)CCCCC1(C)C. The lowest BCUT2D eigenvalue weighted by molar-refractivity contribution is -0.0992. The van der Waals surface area contributed by atoms with Crippen molar-refractivity contribution >= 4 is 0 Å². The quantitative estimate of drug-likeness (QED) is 0.533. The van der Waals surface area contributed by atoms with Gasteiger partial charge < -0.3 is 0 Å². The Bertz CT molecular complexity index is 327. The molecule has 0 bridgehead atoms. The van der Waals surface area contributed by atoms with Gasteiger partial charge in [-0.3, -0.25) is 0 Å². The Labute approximate surface area is 127 Å². The molecule has 3 rings (SSSR count). The zero-order chi connectivity index (χ0) is 14.2. The number of fused-ring (bicyclic) bond motifs is 1. The molecule has 116 valence electrons. The van der Waals surface area contributed by atoms with E-state index in [-0.39, 0.29) is 0 Å². The molecule has 0 radical (unpaired) electrons. The van der Waals surface area contributed by atoms with E-state index in [4.69, 9.17) is 0 Å². The Kier molecular flexibility index (Phi) is 4.22. The lowest BCUT2D eigenvalue weighted by Crippen LogP contribution is -2.51. The maximum Gasteiger partial charge on any atom is -0.0218 e. The van der Waals surface area contributed by atoms with Gasteiger partial charge in [0.15, 0.2) is 0 Å². The molecule has 3 saturated carbocycles. The fourth-order valence-corrected chi connectivity index (χ4v) is 6.82. The van der Waals surface area contributed by atoms with Crippen molar-refractivity contribution in [3.8, 4) is 0 Å². The first kappa shape index (κ1) is 14.9. The van der Waals surface area contributed by atoms with Crippen LogP contribution in [0.3, 0.4) is 0 Å². The van der Waals surface area contributed by atoms with Crippen LogP contribution in [0.15, 0.2) is 0 Å². The van der Waals surface area contributed by atoms with Crippen molar-refractivity contribution in [1.29, 1.82) is 0 Å². The molecule has 0 aromatic heterocycles. The van der Waals surface area contributed by atoms with Gasteiger partial charge in [0.25, 0.3) is 0 Å². The average molecular weight is 277 g/mol. The second kappa shape index (κ2) is 5.65. The summed E-state index contributed by atoms with van der Waals surface area (Å²) < 4.78 is 0. The van der Waals surface area contributed by atoms with Gasteiger partial charge in [-0.2, -0.15) is 0 Å². The first-order valence-corrected chi connectivity index (χ1v) is 9.61. The molecule has 0 aliphatic heterocycles. The van der Waals surface area contributed by atoms with Gasteiger partial charge in [0.2, 0.25) is 0 Å². The van der Waals surface area contributed by atoms with Crippen molar-refractivity contribution in [3.05, 3.63) is 0 Å². The van der Waals surface area contributed by atoms with E-state index in [1.165, 1.54) is 51.4 Å². The molecule has 0 saturated heterocycles. The maximum absolute atomic E-state index is 2.61. The number of rotatable bonds is 2. The standard InChI is InChI=1S/C20H36/c1-4-20(15-8-7-14-19(20,2)3)18-13-9-11-16-10-5-6-12-17(16)18/h16-18H,4-15H2,1-3H3. The fraction of sp³-hybridized carbons (Fsp3) is 1.00. The van der Waals surface area contributed by atoms with Crippen LogP contribution in [0.4, 0.5) is 0 Å². The summed E-state index contributed by atoms with van der Waals surface area (Å²) in [5.74, 6) is 3.25. The average Bonchev–Trinajstić information content (AvgIpc) is 2.47. The van der Waals surface area contributed by atoms with Crippen LogP contribution in [0, 0.1) is 28.6 Å². The molecule has 3 fully saturated rings. The monoisotopic (exact) mass is 276 g/mol. The van der Waals surface area contributed by atoms with Gasteiger partial charge in [0.05, 0.1) is 0 Å². The molecule has 3 aliphatic carbocycles. The van der Waals surface area contributed by atoms with Crippen LogP contribution in [0.5, 0.6) is 0 Å². The molecule has 3 aliphatic rings. The van der Waals surface area contributed by atoms with Crippen LogP contribution < -0.4 is 0 Å². The molecular weight excluding hydrogens is 240 g/mol. The predicted molar refractivity (Wildman–Crippen MR) is 87.8 cm³/mol. The van der Waals surface area contributed by atoms with Gasteiger partial charge >= 0.3 is 0 Å². The van der Waals surface area contributed by atoms with Crippen LogP contribution in [0.2, 0.25) is 0 Å². The van der Waals surface area contributed by atoms with Crippen molar-refractivity contribution in [2.75, 3.05) is 0 Å². The van der Waals surface area contributed by atoms with E-state index < -0.39 is 0 Å². The van der Waals surface area contributed by atoms with Gasteiger partial charge in [0, 0.05) is 0 Å². The summed E-state index contributed by atoms with van der Waals surface area (Å²) in [6.07, 6.45) is 18.3. The van der Waals surface area contributed by atoms with Crippen molar-refractivity contribution in [2.24, 2.45) is 28.6 Å². The summed E-state index contributed by atoms with van der Waals surface area (Å²) in [5.41, 5.74) is 1.26. The third-order valence-corrected chi connectivity index (χ3v) is 7.94. The molecule has 0 N–H and O–H groups in total. The van der Waals surface area contributed by atoms with E-state index in [1.807, 2.05) is 0 Å². The van der Waals surface area contributed by atoms with Gasteiger partial charge in [-0.25, -0.2) is 0 Å². The Balaban J connectivity index is 1.90. The summed E-state index contributed by atoms with van der Waals surface area (Å²) in [6.45, 7) is 7.74. The highest BCUT2D eigenvalue weighted by atomic mass is 14.6. The van der Waals surface area contributed by atoms with E-state index in [0.717, 1.165) is 17.8 Å². The van der Waals surface area contributed by atoms with Gasteiger partial charge in [0.1, 0.15) is 0 Å². The Hall–Kier alpha value is 0. The minimum atomic E-state index is 0.587. The third kappa shape index (κ3) is 2.26. The second-order valence-corrected chi connectivity index (χ2v) is 8.85. The van der Waals surface area contributed by atoms with Gasteiger partial charge in [-0.1, -0.05) is 65.7 Å². The van der Waals surface area contributed by atoms with Crippen LogP contribution in [-0.4, -0.2) is 0 Å². The highest BCUT2D eigenvalue weighted by Gasteiger charge is 2.53. The topological polar surface area (TPSA) is 0 Å². The third-order valence-electron chi connectivity index (χ3n) is 7.94. The highest BCUT2D eigenvalue weighted by Crippen LogP contribution is 2.63. The first-order chi connectivity index (χ1) is 9.61. The van der Waals surface area contributed by atoms with Crippen molar-refractivity contribution in [3.63, 3.8) is 0 Å². The zero-order valence-electron chi connectivity index (χ0n) is 14.2. The molecule has 0 aromatic rings. The highest BCUT2D eigenvalue weighted by molar-refractivity contribution is 5.03. The molecule has 0 nitrogen and oxygen atoms in total. The van der Waals surface area contributed by atoms with E-state index in [0.29, 0.717) is 10.8 Å². The van der Waals surface area contributed by atoms with Crippen molar-refractivity contribution in [1.82, 2.24) is 0 Å². The van der Waals surface area contributed by atoms with Gasteiger partial charge in [-0.15, -0.1) is 0 Å². The van der Waals surface area contributed by atoms with Crippen LogP contribution in [-0.2, 0) is 0 Å². The summed E-state index contributed by atoms with van der Waals surface area (Å²) in [6, 6.07) is 0. The molecule has 0 heteroatoms. The molecule has 4 atom stereocenters. The Morgan fingerprint density at radius 2 is 1.50 bits per heavy atom. The zero-order valence-corrected chi connectivity index (χ0v) is 14.2. The van der Waals surface area contributed by atoms with Crippen LogP contribution >= 0.6 is 0 Å². The summed E-state index contributed by atoms with van der Waals surface area (Å²) >= 11 is 0. The number of hydrogen-bond acceptors (Lipinski definition) is 0.